The Hall–Kier alpha value is -3.06. The average molecular weight is 378 g/mol. The Morgan fingerprint density at radius 3 is 2.78 bits per heavy atom. The van der Waals surface area contributed by atoms with E-state index in [-0.39, 0.29) is 11.7 Å². The van der Waals surface area contributed by atoms with Crippen LogP contribution in [0.5, 0.6) is 0 Å². The molecule has 0 fully saturated rings. The van der Waals surface area contributed by atoms with Crippen molar-refractivity contribution < 1.29 is 9.21 Å². The fourth-order valence-electron chi connectivity index (χ4n) is 2.79. The summed E-state index contributed by atoms with van der Waals surface area (Å²) in [6, 6.07) is 18.0. The lowest BCUT2D eigenvalue weighted by Gasteiger charge is -2.04. The van der Waals surface area contributed by atoms with Crippen LogP contribution in [0.2, 0.25) is 0 Å². The molecule has 2 N–H and O–H groups in total. The summed E-state index contributed by atoms with van der Waals surface area (Å²) in [5.41, 5.74) is 3.07. The lowest BCUT2D eigenvalue weighted by molar-refractivity contribution is -0.118. The first-order valence-electron chi connectivity index (χ1n) is 8.63. The molecule has 136 valence electrons. The first-order chi connectivity index (χ1) is 13.3. The van der Waals surface area contributed by atoms with Crippen molar-refractivity contribution >= 4 is 28.6 Å². The standard InChI is InChI=1S/C20H18N4O2S/c25-18(21-11-10-14-6-2-1-3-7-14)13-27-20-24-23-19(26-20)16-12-22-17-9-5-4-8-15(16)17/h1-9,12,22H,10-11,13H2,(H,21,25). The normalized spacial score (nSPS) is 11.0. The average Bonchev–Trinajstić information content (AvgIpc) is 3.34. The fraction of sp³-hybridized carbons (Fsp3) is 0.150. The number of aromatic nitrogens is 3. The van der Waals surface area contributed by atoms with Gasteiger partial charge in [0.25, 0.3) is 11.1 Å². The number of fused-ring (bicyclic) bond motifs is 1. The van der Waals surface area contributed by atoms with Crippen LogP contribution in [0.1, 0.15) is 5.56 Å². The fourth-order valence-corrected chi connectivity index (χ4v) is 3.39. The molecule has 1 amide bonds. The van der Waals surface area contributed by atoms with E-state index in [1.807, 2.05) is 60.8 Å². The zero-order chi connectivity index (χ0) is 18.5. The first kappa shape index (κ1) is 17.4. The van der Waals surface area contributed by atoms with Crippen LogP contribution in [0.3, 0.4) is 0 Å². The van der Waals surface area contributed by atoms with Crippen LogP contribution in [0.15, 0.2) is 70.4 Å². The molecule has 0 saturated heterocycles. The first-order valence-corrected chi connectivity index (χ1v) is 9.61. The van der Waals surface area contributed by atoms with Crippen molar-refractivity contribution in [2.45, 2.75) is 11.6 Å². The molecular formula is C20H18N4O2S. The predicted octanol–water partition coefficient (Wildman–Crippen LogP) is 3.67. The van der Waals surface area contributed by atoms with Gasteiger partial charge in [-0.1, -0.05) is 60.3 Å². The molecule has 0 unspecified atom stereocenters. The highest BCUT2D eigenvalue weighted by Crippen LogP contribution is 2.29. The minimum atomic E-state index is -0.0530. The van der Waals surface area contributed by atoms with Gasteiger partial charge in [0.2, 0.25) is 5.91 Å². The zero-order valence-electron chi connectivity index (χ0n) is 14.5. The highest BCUT2D eigenvalue weighted by Gasteiger charge is 2.14. The molecule has 0 aliphatic heterocycles. The number of amides is 1. The largest absolute Gasteiger partial charge is 0.411 e. The van der Waals surface area contributed by atoms with Gasteiger partial charge < -0.3 is 14.7 Å². The molecule has 0 atom stereocenters. The van der Waals surface area contributed by atoms with Gasteiger partial charge in [0.15, 0.2) is 0 Å². The summed E-state index contributed by atoms with van der Waals surface area (Å²) >= 11 is 1.24. The molecule has 0 aliphatic carbocycles. The van der Waals surface area contributed by atoms with E-state index in [4.69, 9.17) is 4.42 Å². The highest BCUT2D eigenvalue weighted by atomic mass is 32.2. The molecule has 2 heterocycles. The van der Waals surface area contributed by atoms with E-state index >= 15 is 0 Å². The number of hydrogen-bond acceptors (Lipinski definition) is 5. The highest BCUT2D eigenvalue weighted by molar-refractivity contribution is 7.99. The summed E-state index contributed by atoms with van der Waals surface area (Å²) in [4.78, 5) is 15.2. The minimum Gasteiger partial charge on any atom is -0.411 e. The van der Waals surface area contributed by atoms with Crippen LogP contribution in [0.25, 0.3) is 22.4 Å². The van der Waals surface area contributed by atoms with Crippen LogP contribution >= 0.6 is 11.8 Å². The second-order valence-electron chi connectivity index (χ2n) is 6.00. The topological polar surface area (TPSA) is 83.8 Å². The molecule has 0 aliphatic rings. The summed E-state index contributed by atoms with van der Waals surface area (Å²) < 4.78 is 5.70. The quantitative estimate of drug-likeness (QED) is 0.480. The minimum absolute atomic E-state index is 0.0530. The molecule has 4 aromatic rings. The molecule has 27 heavy (non-hydrogen) atoms. The molecule has 0 saturated carbocycles. The van der Waals surface area contributed by atoms with E-state index in [1.54, 1.807) is 0 Å². The lowest BCUT2D eigenvalue weighted by Crippen LogP contribution is -2.27. The summed E-state index contributed by atoms with van der Waals surface area (Å²) in [5.74, 6) is 0.631. The van der Waals surface area contributed by atoms with Crippen molar-refractivity contribution in [1.82, 2.24) is 20.5 Å². The molecule has 0 radical (unpaired) electrons. The SMILES string of the molecule is O=C(CSc1nnc(-c2c[nH]c3ccccc23)o1)NCCc1ccccc1. The van der Waals surface area contributed by atoms with Gasteiger partial charge in [-0.2, -0.15) is 0 Å². The second kappa shape index (κ2) is 8.09. The van der Waals surface area contributed by atoms with Gasteiger partial charge in [0.1, 0.15) is 0 Å². The van der Waals surface area contributed by atoms with E-state index in [2.05, 4.69) is 20.5 Å². The molecule has 7 heteroatoms. The molecule has 0 bridgehead atoms. The molecule has 0 spiro atoms. The smallest absolute Gasteiger partial charge is 0.277 e. The van der Waals surface area contributed by atoms with Crippen molar-refractivity contribution in [2.24, 2.45) is 0 Å². The number of carbonyl (C=O) groups excluding carboxylic acids is 1. The van der Waals surface area contributed by atoms with E-state index in [0.717, 1.165) is 22.9 Å². The van der Waals surface area contributed by atoms with Crippen molar-refractivity contribution in [1.29, 1.82) is 0 Å². The summed E-state index contributed by atoms with van der Waals surface area (Å²) in [6.07, 6.45) is 2.66. The third-order valence-electron chi connectivity index (χ3n) is 4.13. The van der Waals surface area contributed by atoms with E-state index in [1.165, 1.54) is 17.3 Å². The Morgan fingerprint density at radius 2 is 1.89 bits per heavy atom. The molecule has 2 aromatic carbocycles. The van der Waals surface area contributed by atoms with Crippen LogP contribution in [0.4, 0.5) is 0 Å². The predicted molar refractivity (Wildman–Crippen MR) is 105 cm³/mol. The maximum atomic E-state index is 12.0. The third kappa shape index (κ3) is 4.20. The van der Waals surface area contributed by atoms with E-state index in [0.29, 0.717) is 17.7 Å². The number of para-hydroxylation sites is 1. The van der Waals surface area contributed by atoms with Gasteiger partial charge in [-0.3, -0.25) is 4.79 Å². The Morgan fingerprint density at radius 1 is 1.07 bits per heavy atom. The van der Waals surface area contributed by atoms with Gasteiger partial charge >= 0.3 is 0 Å². The van der Waals surface area contributed by atoms with Crippen LogP contribution in [0, 0.1) is 0 Å². The van der Waals surface area contributed by atoms with Crippen LogP contribution < -0.4 is 5.32 Å². The Kier molecular flexibility index (Phi) is 5.20. The van der Waals surface area contributed by atoms with Crippen molar-refractivity contribution in [3.8, 4) is 11.5 Å². The molecular weight excluding hydrogens is 360 g/mol. The Labute approximate surface area is 160 Å². The Balaban J connectivity index is 1.30. The zero-order valence-corrected chi connectivity index (χ0v) is 15.3. The summed E-state index contributed by atoms with van der Waals surface area (Å²) in [5, 5.41) is 12.4. The monoisotopic (exact) mass is 378 g/mol. The number of H-pyrrole nitrogens is 1. The van der Waals surface area contributed by atoms with Gasteiger partial charge in [-0.05, 0) is 18.1 Å². The number of thioether (sulfide) groups is 1. The number of hydrogen-bond donors (Lipinski definition) is 2. The van der Waals surface area contributed by atoms with Crippen LogP contribution in [-0.2, 0) is 11.2 Å². The van der Waals surface area contributed by atoms with Gasteiger partial charge in [-0.15, -0.1) is 10.2 Å². The number of rotatable bonds is 7. The molecule has 2 aromatic heterocycles. The van der Waals surface area contributed by atoms with E-state index < -0.39 is 0 Å². The van der Waals surface area contributed by atoms with E-state index in [9.17, 15) is 4.79 Å². The number of aromatic amines is 1. The van der Waals surface area contributed by atoms with Crippen molar-refractivity contribution in [3.63, 3.8) is 0 Å². The van der Waals surface area contributed by atoms with Gasteiger partial charge in [0, 0.05) is 23.6 Å². The molecule has 6 nitrogen and oxygen atoms in total. The van der Waals surface area contributed by atoms with Crippen molar-refractivity contribution in [2.75, 3.05) is 12.3 Å². The number of benzene rings is 2. The number of nitrogens with zero attached hydrogens (tertiary/aromatic N) is 2. The maximum absolute atomic E-state index is 12.0. The third-order valence-corrected chi connectivity index (χ3v) is 4.95. The summed E-state index contributed by atoms with van der Waals surface area (Å²) in [6.45, 7) is 0.605. The maximum Gasteiger partial charge on any atom is 0.277 e. The second-order valence-corrected chi connectivity index (χ2v) is 6.92. The van der Waals surface area contributed by atoms with Gasteiger partial charge in [-0.25, -0.2) is 0 Å². The van der Waals surface area contributed by atoms with Gasteiger partial charge in [0.05, 0.1) is 11.3 Å². The number of carbonyl (C=O) groups is 1. The van der Waals surface area contributed by atoms with Crippen molar-refractivity contribution in [3.05, 3.63) is 66.4 Å². The summed E-state index contributed by atoms with van der Waals surface area (Å²) in [7, 11) is 0. The molecule has 4 rings (SSSR count). The number of nitrogens with one attached hydrogen (secondary N) is 2. The van der Waals surface area contributed by atoms with Crippen LogP contribution in [-0.4, -0.2) is 33.4 Å². The lowest BCUT2D eigenvalue weighted by atomic mass is 10.1. The Bertz CT molecular complexity index is 1040.